The maximum absolute atomic E-state index is 10.3. The van der Waals surface area contributed by atoms with Gasteiger partial charge in [0.25, 0.3) is 0 Å². The van der Waals surface area contributed by atoms with E-state index in [9.17, 15) is 10.2 Å². The molecule has 0 unspecified atom stereocenters. The van der Waals surface area contributed by atoms with E-state index in [0.29, 0.717) is 11.5 Å². The minimum absolute atomic E-state index is 0.195. The van der Waals surface area contributed by atoms with Crippen molar-refractivity contribution in [3.63, 3.8) is 0 Å². The van der Waals surface area contributed by atoms with Crippen LogP contribution in [0.4, 0.5) is 0 Å². The number of benzene rings is 2. The van der Waals surface area contributed by atoms with E-state index in [1.54, 1.807) is 6.92 Å². The van der Waals surface area contributed by atoms with Crippen molar-refractivity contribution in [1.82, 2.24) is 0 Å². The van der Waals surface area contributed by atoms with Gasteiger partial charge in [-0.1, -0.05) is 44.5 Å². The molecule has 0 saturated carbocycles. The molecular weight excluding hydrogens is 236 g/mol. The van der Waals surface area contributed by atoms with E-state index in [-0.39, 0.29) is 11.5 Å². The summed E-state index contributed by atoms with van der Waals surface area (Å²) in [6.45, 7) is 6.18. The van der Waals surface area contributed by atoms with Gasteiger partial charge in [0.2, 0.25) is 0 Å². The molecule has 0 aliphatic heterocycles. The number of rotatable bonds is 4. The van der Waals surface area contributed by atoms with Crippen molar-refractivity contribution in [2.75, 3.05) is 0 Å². The summed E-state index contributed by atoms with van der Waals surface area (Å²) < 4.78 is 0. The molecule has 2 aromatic rings. The number of aromatic hydroxyl groups is 2. The van der Waals surface area contributed by atoms with Crippen LogP contribution in [0.1, 0.15) is 37.8 Å². The molecule has 0 aliphatic rings. The van der Waals surface area contributed by atoms with Crippen LogP contribution in [0.2, 0.25) is 0 Å². The van der Waals surface area contributed by atoms with Crippen molar-refractivity contribution in [1.29, 1.82) is 0 Å². The molecule has 2 nitrogen and oxygen atoms in total. The van der Waals surface area contributed by atoms with Gasteiger partial charge >= 0.3 is 0 Å². The van der Waals surface area contributed by atoms with E-state index in [2.05, 4.69) is 13.8 Å². The Morgan fingerprint density at radius 1 is 1.05 bits per heavy atom. The number of fused-ring (bicyclic) bond motifs is 1. The third-order valence-corrected chi connectivity index (χ3v) is 4.09. The molecule has 2 N–H and O–H groups in total. The molecule has 1 atom stereocenters. The van der Waals surface area contributed by atoms with Crippen LogP contribution in [0.25, 0.3) is 10.8 Å². The SMILES string of the molecule is CC[C@H](C)CCc1c(O)c(C)c(O)c2ccccc12. The fourth-order valence-corrected chi connectivity index (χ4v) is 2.47. The molecule has 0 saturated heterocycles. The average Bonchev–Trinajstić information content (AvgIpc) is 2.44. The molecule has 0 fully saturated rings. The standard InChI is InChI=1S/C17H22O2/c1-4-11(2)9-10-15-13-7-5-6-8-14(13)16(18)12(3)17(15)19/h5-8,11,18-19H,4,9-10H2,1-3H3/t11-/m0/s1. The third kappa shape index (κ3) is 2.53. The van der Waals surface area contributed by atoms with Crippen molar-refractivity contribution in [2.24, 2.45) is 5.92 Å². The van der Waals surface area contributed by atoms with E-state index >= 15 is 0 Å². The topological polar surface area (TPSA) is 40.5 Å². The summed E-state index contributed by atoms with van der Waals surface area (Å²) in [5, 5.41) is 22.2. The second-order valence-electron chi connectivity index (χ2n) is 5.40. The lowest BCUT2D eigenvalue weighted by Crippen LogP contribution is -1.98. The van der Waals surface area contributed by atoms with Gasteiger partial charge in [0.15, 0.2) is 0 Å². The van der Waals surface area contributed by atoms with Crippen LogP contribution in [-0.2, 0) is 6.42 Å². The monoisotopic (exact) mass is 258 g/mol. The first-order valence-electron chi connectivity index (χ1n) is 6.98. The number of hydrogen-bond donors (Lipinski definition) is 2. The molecule has 2 rings (SSSR count). The Hall–Kier alpha value is -1.70. The molecule has 0 aromatic heterocycles. The fourth-order valence-electron chi connectivity index (χ4n) is 2.47. The summed E-state index contributed by atoms with van der Waals surface area (Å²) in [6, 6.07) is 7.74. The maximum Gasteiger partial charge on any atom is 0.130 e. The zero-order valence-corrected chi connectivity index (χ0v) is 11.9. The molecule has 2 aromatic carbocycles. The Morgan fingerprint density at radius 3 is 2.32 bits per heavy atom. The van der Waals surface area contributed by atoms with Gasteiger partial charge in [0.05, 0.1) is 0 Å². The molecule has 0 radical (unpaired) electrons. The molecule has 0 spiro atoms. The molecule has 2 heteroatoms. The lowest BCUT2D eigenvalue weighted by molar-refractivity contribution is 0.439. The molecule has 0 amide bonds. The molecule has 102 valence electrons. The second kappa shape index (κ2) is 5.52. The van der Waals surface area contributed by atoms with Crippen molar-refractivity contribution in [3.8, 4) is 11.5 Å². The van der Waals surface area contributed by atoms with Gasteiger partial charge in [0, 0.05) is 16.5 Å². The van der Waals surface area contributed by atoms with Crippen molar-refractivity contribution < 1.29 is 10.2 Å². The van der Waals surface area contributed by atoms with Gasteiger partial charge in [-0.15, -0.1) is 0 Å². The predicted molar refractivity (Wildman–Crippen MR) is 79.8 cm³/mol. The van der Waals surface area contributed by atoms with E-state index < -0.39 is 0 Å². The average molecular weight is 258 g/mol. The first-order valence-corrected chi connectivity index (χ1v) is 6.98. The largest absolute Gasteiger partial charge is 0.507 e. The minimum Gasteiger partial charge on any atom is -0.507 e. The van der Waals surface area contributed by atoms with Crippen molar-refractivity contribution in [2.45, 2.75) is 40.0 Å². The summed E-state index contributed by atoms with van der Waals surface area (Å²) in [5.41, 5.74) is 1.55. The number of phenols is 2. The second-order valence-corrected chi connectivity index (χ2v) is 5.40. The van der Waals surface area contributed by atoms with E-state index in [1.165, 1.54) is 0 Å². The van der Waals surface area contributed by atoms with E-state index in [1.807, 2.05) is 24.3 Å². The quantitative estimate of drug-likeness (QED) is 0.845. The van der Waals surface area contributed by atoms with Crippen LogP contribution >= 0.6 is 0 Å². The van der Waals surface area contributed by atoms with Crippen LogP contribution in [0, 0.1) is 12.8 Å². The summed E-state index contributed by atoms with van der Waals surface area (Å²) in [5.74, 6) is 1.09. The third-order valence-electron chi connectivity index (χ3n) is 4.09. The van der Waals surface area contributed by atoms with Crippen LogP contribution in [0.5, 0.6) is 11.5 Å². The summed E-state index contributed by atoms with van der Waals surface area (Å²) in [7, 11) is 0. The van der Waals surface area contributed by atoms with Gasteiger partial charge < -0.3 is 10.2 Å². The minimum atomic E-state index is 0.195. The van der Waals surface area contributed by atoms with Gasteiger partial charge in [-0.2, -0.15) is 0 Å². The highest BCUT2D eigenvalue weighted by Crippen LogP contribution is 2.39. The van der Waals surface area contributed by atoms with Crippen LogP contribution in [-0.4, -0.2) is 10.2 Å². The Bertz CT molecular complexity index is 587. The number of phenolic OH excluding ortho intramolecular Hbond substituents is 2. The summed E-state index contributed by atoms with van der Waals surface area (Å²) in [6.07, 6.45) is 3.05. The Balaban J connectivity index is 2.52. The molecular formula is C17H22O2. The predicted octanol–water partition coefficient (Wildman–Crippen LogP) is 4.54. The first-order chi connectivity index (χ1) is 9.06. The lowest BCUT2D eigenvalue weighted by Gasteiger charge is -2.15. The van der Waals surface area contributed by atoms with Crippen LogP contribution < -0.4 is 0 Å². The zero-order chi connectivity index (χ0) is 14.0. The number of hydrogen-bond acceptors (Lipinski definition) is 2. The Labute approximate surface area is 114 Å². The Morgan fingerprint density at radius 2 is 1.68 bits per heavy atom. The highest BCUT2D eigenvalue weighted by Gasteiger charge is 2.15. The molecule has 19 heavy (non-hydrogen) atoms. The highest BCUT2D eigenvalue weighted by atomic mass is 16.3. The van der Waals surface area contributed by atoms with E-state index in [0.717, 1.165) is 35.6 Å². The molecule has 0 heterocycles. The number of aryl methyl sites for hydroxylation is 1. The fraction of sp³-hybridized carbons (Fsp3) is 0.412. The van der Waals surface area contributed by atoms with Gasteiger partial charge in [-0.3, -0.25) is 0 Å². The lowest BCUT2D eigenvalue weighted by atomic mass is 9.92. The zero-order valence-electron chi connectivity index (χ0n) is 11.9. The highest BCUT2D eigenvalue weighted by molar-refractivity contribution is 5.94. The first kappa shape index (κ1) is 13.7. The summed E-state index contributed by atoms with van der Waals surface area (Å²) in [4.78, 5) is 0. The normalized spacial score (nSPS) is 12.8. The summed E-state index contributed by atoms with van der Waals surface area (Å²) >= 11 is 0. The van der Waals surface area contributed by atoms with Crippen LogP contribution in [0.3, 0.4) is 0 Å². The van der Waals surface area contributed by atoms with Crippen LogP contribution in [0.15, 0.2) is 24.3 Å². The molecule has 0 bridgehead atoms. The van der Waals surface area contributed by atoms with Gasteiger partial charge in [-0.25, -0.2) is 0 Å². The van der Waals surface area contributed by atoms with E-state index in [4.69, 9.17) is 0 Å². The molecule has 0 aliphatic carbocycles. The Kier molecular flexibility index (Phi) is 3.98. The van der Waals surface area contributed by atoms with Gasteiger partial charge in [0.1, 0.15) is 11.5 Å². The van der Waals surface area contributed by atoms with Gasteiger partial charge in [-0.05, 0) is 31.1 Å². The maximum atomic E-state index is 10.3. The smallest absolute Gasteiger partial charge is 0.130 e. The van der Waals surface area contributed by atoms with Crippen molar-refractivity contribution in [3.05, 3.63) is 35.4 Å². The van der Waals surface area contributed by atoms with Crippen molar-refractivity contribution >= 4 is 10.8 Å².